The lowest BCUT2D eigenvalue weighted by atomic mass is 10.1. The van der Waals surface area contributed by atoms with Gasteiger partial charge in [-0.15, -0.1) is 11.3 Å². The zero-order valence-corrected chi connectivity index (χ0v) is 19.1. The van der Waals surface area contributed by atoms with E-state index in [4.69, 9.17) is 4.74 Å². The quantitative estimate of drug-likeness (QED) is 0.467. The summed E-state index contributed by atoms with van der Waals surface area (Å²) in [7, 11) is -2.19. The summed E-state index contributed by atoms with van der Waals surface area (Å²) in [6, 6.07) is 18.9. The highest BCUT2D eigenvalue weighted by Gasteiger charge is 2.31. The molecule has 32 heavy (non-hydrogen) atoms. The van der Waals surface area contributed by atoms with Crippen LogP contribution >= 0.6 is 11.3 Å². The monoisotopic (exact) mass is 472 g/mol. The van der Waals surface area contributed by atoms with E-state index >= 15 is 0 Å². The summed E-state index contributed by atoms with van der Waals surface area (Å²) < 4.78 is 31.6. The number of ether oxygens (including phenoxy) is 1. The van der Waals surface area contributed by atoms with Gasteiger partial charge in [-0.2, -0.15) is 0 Å². The summed E-state index contributed by atoms with van der Waals surface area (Å²) in [6.45, 7) is 0.0276. The van der Waals surface area contributed by atoms with Crippen molar-refractivity contribution in [2.45, 2.75) is 16.6 Å². The van der Waals surface area contributed by atoms with Crippen molar-refractivity contribution < 1.29 is 22.7 Å². The number of rotatable bonds is 9. The smallest absolute Gasteiger partial charge is 0.309 e. The fraction of sp³-hybridized carbons (Fsp3) is 0.217. The molecule has 0 aliphatic carbocycles. The van der Waals surface area contributed by atoms with Crippen molar-refractivity contribution in [3.63, 3.8) is 0 Å². The highest BCUT2D eigenvalue weighted by atomic mass is 32.2. The Kier molecular flexibility index (Phi) is 8.02. The van der Waals surface area contributed by atoms with Gasteiger partial charge in [0.15, 0.2) is 9.84 Å². The zero-order chi connectivity index (χ0) is 23.0. The van der Waals surface area contributed by atoms with Crippen LogP contribution in [0, 0.1) is 0 Å². The molecule has 0 saturated heterocycles. The van der Waals surface area contributed by atoms with Gasteiger partial charge in [-0.3, -0.25) is 9.59 Å². The molecule has 0 radical (unpaired) electrons. The van der Waals surface area contributed by atoms with Crippen molar-refractivity contribution >= 4 is 33.0 Å². The highest BCUT2D eigenvalue weighted by molar-refractivity contribution is 7.91. The topological polar surface area (TPSA) is 102 Å². The van der Waals surface area contributed by atoms with Crippen LogP contribution in [0.3, 0.4) is 0 Å². The number of methoxy groups -OCH3 is 1. The maximum atomic E-state index is 13.1. The van der Waals surface area contributed by atoms with Gasteiger partial charge in [-0.25, -0.2) is 8.42 Å². The largest absolute Gasteiger partial charge is 0.496 e. The first-order valence-corrected chi connectivity index (χ1v) is 12.4. The van der Waals surface area contributed by atoms with Crippen LogP contribution in [0.2, 0.25) is 0 Å². The first kappa shape index (κ1) is 23.5. The maximum Gasteiger partial charge on any atom is 0.309 e. The van der Waals surface area contributed by atoms with E-state index in [-0.39, 0.29) is 18.0 Å². The third-order valence-electron chi connectivity index (χ3n) is 4.83. The number of benzene rings is 2. The van der Waals surface area contributed by atoms with E-state index in [0.29, 0.717) is 17.0 Å². The molecule has 0 saturated carbocycles. The molecule has 0 bridgehead atoms. The number of para-hydroxylation sites is 1. The van der Waals surface area contributed by atoms with Crippen LogP contribution in [0.4, 0.5) is 0 Å². The van der Waals surface area contributed by atoms with Gasteiger partial charge >= 0.3 is 11.8 Å². The summed E-state index contributed by atoms with van der Waals surface area (Å²) in [5.74, 6) is -0.993. The molecule has 0 aliphatic rings. The average molecular weight is 473 g/mol. The van der Waals surface area contributed by atoms with Crippen molar-refractivity contribution in [1.29, 1.82) is 0 Å². The van der Waals surface area contributed by atoms with Crippen LogP contribution in [-0.4, -0.2) is 40.4 Å². The van der Waals surface area contributed by atoms with Gasteiger partial charge in [0.2, 0.25) is 0 Å². The molecule has 1 heterocycles. The predicted octanol–water partition coefficient (Wildman–Crippen LogP) is 2.75. The summed E-state index contributed by atoms with van der Waals surface area (Å²) in [5, 5.41) is 5.81. The molecule has 7 nitrogen and oxygen atoms in total. The first-order valence-electron chi connectivity index (χ1n) is 9.93. The van der Waals surface area contributed by atoms with E-state index in [0.717, 1.165) is 5.56 Å². The molecule has 0 spiro atoms. The molecule has 2 N–H and O–H groups in total. The van der Waals surface area contributed by atoms with Gasteiger partial charge in [-0.1, -0.05) is 42.5 Å². The van der Waals surface area contributed by atoms with Crippen molar-refractivity contribution in [2.24, 2.45) is 0 Å². The number of hydrogen-bond donors (Lipinski definition) is 2. The fourth-order valence-corrected chi connectivity index (χ4v) is 5.98. The third-order valence-corrected chi connectivity index (χ3v) is 8.07. The standard InChI is InChI=1S/C23H24N2O5S2/c1-30-19-11-6-5-8-17(19)13-14-24-22(26)23(27)25-16-21(20-12-7-15-31-20)32(28,29)18-9-3-2-4-10-18/h2-12,15,21H,13-14,16H2,1H3,(H,24,26)(H,25,27). The van der Waals surface area contributed by atoms with E-state index in [1.807, 2.05) is 24.3 Å². The highest BCUT2D eigenvalue weighted by Crippen LogP contribution is 2.31. The second kappa shape index (κ2) is 10.9. The lowest BCUT2D eigenvalue weighted by Gasteiger charge is -2.17. The molecule has 9 heteroatoms. The Morgan fingerprint density at radius 3 is 2.31 bits per heavy atom. The Labute approximate surface area is 191 Å². The lowest BCUT2D eigenvalue weighted by molar-refractivity contribution is -0.139. The van der Waals surface area contributed by atoms with Crippen LogP contribution in [0.5, 0.6) is 5.75 Å². The molecule has 2 aromatic carbocycles. The molecular formula is C23H24N2O5S2. The van der Waals surface area contributed by atoms with Crippen LogP contribution in [0.15, 0.2) is 77.0 Å². The molecule has 0 fully saturated rings. The first-order chi connectivity index (χ1) is 15.4. The molecule has 0 aliphatic heterocycles. The van der Waals surface area contributed by atoms with Crippen LogP contribution in [-0.2, 0) is 25.8 Å². The van der Waals surface area contributed by atoms with Gasteiger partial charge < -0.3 is 15.4 Å². The lowest BCUT2D eigenvalue weighted by Crippen LogP contribution is -2.42. The van der Waals surface area contributed by atoms with E-state index in [1.165, 1.54) is 23.5 Å². The number of carbonyl (C=O) groups is 2. The number of hydrogen-bond acceptors (Lipinski definition) is 6. The summed E-state index contributed by atoms with van der Waals surface area (Å²) in [5.41, 5.74) is 0.905. The Balaban J connectivity index is 1.61. The SMILES string of the molecule is COc1ccccc1CCNC(=O)C(=O)NCC(c1cccs1)S(=O)(=O)c1ccccc1. The minimum atomic E-state index is -3.76. The maximum absolute atomic E-state index is 13.1. The van der Waals surface area contributed by atoms with Crippen molar-refractivity contribution in [2.75, 3.05) is 20.2 Å². The van der Waals surface area contributed by atoms with E-state index in [1.54, 1.807) is 42.8 Å². The molecule has 3 rings (SSSR count). The zero-order valence-electron chi connectivity index (χ0n) is 17.5. The third kappa shape index (κ3) is 5.74. The molecule has 2 amide bonds. The summed E-state index contributed by atoms with van der Waals surface area (Å²) in [6.07, 6.45) is 0.489. The normalized spacial score (nSPS) is 12.0. The van der Waals surface area contributed by atoms with Crippen molar-refractivity contribution in [1.82, 2.24) is 10.6 Å². The number of amides is 2. The number of nitrogens with one attached hydrogen (secondary N) is 2. The van der Waals surface area contributed by atoms with Gasteiger partial charge in [0.25, 0.3) is 0 Å². The molecular weight excluding hydrogens is 448 g/mol. The average Bonchev–Trinajstić information content (AvgIpc) is 3.34. The predicted molar refractivity (Wildman–Crippen MR) is 123 cm³/mol. The second-order valence-corrected chi connectivity index (χ2v) is 10.00. The molecule has 1 unspecified atom stereocenters. The number of sulfone groups is 1. The minimum absolute atomic E-state index is 0.161. The van der Waals surface area contributed by atoms with Crippen LogP contribution in [0.1, 0.15) is 15.7 Å². The molecule has 168 valence electrons. The Morgan fingerprint density at radius 1 is 0.938 bits per heavy atom. The van der Waals surface area contributed by atoms with E-state index < -0.39 is 26.9 Å². The molecule has 1 atom stereocenters. The Morgan fingerprint density at radius 2 is 1.62 bits per heavy atom. The van der Waals surface area contributed by atoms with Gasteiger partial charge in [0, 0.05) is 18.0 Å². The Hall–Kier alpha value is -3.17. The second-order valence-electron chi connectivity index (χ2n) is 6.89. The van der Waals surface area contributed by atoms with E-state index in [9.17, 15) is 18.0 Å². The number of carbonyl (C=O) groups excluding carboxylic acids is 2. The van der Waals surface area contributed by atoms with Crippen molar-refractivity contribution in [3.05, 3.63) is 82.6 Å². The Bertz CT molecular complexity index is 1150. The van der Waals surface area contributed by atoms with Crippen LogP contribution < -0.4 is 15.4 Å². The van der Waals surface area contributed by atoms with Crippen LogP contribution in [0.25, 0.3) is 0 Å². The number of thiophene rings is 1. The van der Waals surface area contributed by atoms with Gasteiger partial charge in [0.05, 0.1) is 12.0 Å². The molecule has 1 aromatic heterocycles. The minimum Gasteiger partial charge on any atom is -0.496 e. The molecule has 3 aromatic rings. The van der Waals surface area contributed by atoms with Gasteiger partial charge in [-0.05, 0) is 41.6 Å². The van der Waals surface area contributed by atoms with E-state index in [2.05, 4.69) is 10.6 Å². The van der Waals surface area contributed by atoms with Crippen molar-refractivity contribution in [3.8, 4) is 5.75 Å². The van der Waals surface area contributed by atoms with Gasteiger partial charge in [0.1, 0.15) is 11.0 Å². The fourth-order valence-electron chi connectivity index (χ4n) is 3.18. The summed E-state index contributed by atoms with van der Waals surface area (Å²) >= 11 is 1.28. The summed E-state index contributed by atoms with van der Waals surface area (Å²) in [4.78, 5) is 25.3.